The Kier molecular flexibility index (Phi) is 3.91. The molecule has 0 bridgehead atoms. The first-order valence-electron chi connectivity index (χ1n) is 5.83. The lowest BCUT2D eigenvalue weighted by Crippen LogP contribution is -2.13. The van der Waals surface area contributed by atoms with Gasteiger partial charge in [0, 0.05) is 17.8 Å². The van der Waals surface area contributed by atoms with Gasteiger partial charge in [0.05, 0.1) is 22.9 Å². The number of nitrogens with zero attached hydrogens (tertiary/aromatic N) is 4. The molecule has 2 rings (SSSR count). The van der Waals surface area contributed by atoms with Crippen LogP contribution in [0.1, 0.15) is 46.6 Å². The van der Waals surface area contributed by atoms with Crippen molar-refractivity contribution in [3.63, 3.8) is 0 Å². The number of rotatable bonds is 5. The van der Waals surface area contributed by atoms with Crippen molar-refractivity contribution in [2.75, 3.05) is 0 Å². The predicted molar refractivity (Wildman–Crippen MR) is 70.2 cm³/mol. The average molecular weight is 281 g/mol. The van der Waals surface area contributed by atoms with Crippen LogP contribution in [0.25, 0.3) is 0 Å². The third kappa shape index (κ3) is 2.79. The van der Waals surface area contributed by atoms with Gasteiger partial charge in [0.1, 0.15) is 0 Å². The number of nitrogens with two attached hydrogens (primary N) is 1. The highest BCUT2D eigenvalue weighted by Gasteiger charge is 2.18. The molecule has 0 aliphatic heterocycles. The SMILES string of the molecule is CC(C)c1nc(Cn2nnc(C(=O)O)c2CN)cs1. The monoisotopic (exact) mass is 281 g/mol. The number of aromatic nitrogens is 4. The third-order valence-electron chi connectivity index (χ3n) is 2.61. The van der Waals surface area contributed by atoms with Crippen LogP contribution >= 0.6 is 11.3 Å². The van der Waals surface area contributed by atoms with Crippen molar-refractivity contribution in [1.82, 2.24) is 20.0 Å². The van der Waals surface area contributed by atoms with Crippen LogP contribution in [0.5, 0.6) is 0 Å². The summed E-state index contributed by atoms with van der Waals surface area (Å²) in [6.07, 6.45) is 0. The first-order valence-corrected chi connectivity index (χ1v) is 6.71. The lowest BCUT2D eigenvalue weighted by atomic mass is 10.2. The lowest BCUT2D eigenvalue weighted by Gasteiger charge is -2.02. The van der Waals surface area contributed by atoms with Gasteiger partial charge in [-0.15, -0.1) is 16.4 Å². The summed E-state index contributed by atoms with van der Waals surface area (Å²) in [7, 11) is 0. The first-order chi connectivity index (χ1) is 9.02. The van der Waals surface area contributed by atoms with E-state index in [1.54, 1.807) is 11.3 Å². The summed E-state index contributed by atoms with van der Waals surface area (Å²) < 4.78 is 1.49. The average Bonchev–Trinajstić information content (AvgIpc) is 2.95. The number of thiazole rings is 1. The number of carboxylic acids is 1. The van der Waals surface area contributed by atoms with Crippen molar-refractivity contribution in [2.45, 2.75) is 32.9 Å². The molecule has 102 valence electrons. The Balaban J connectivity index is 2.25. The minimum atomic E-state index is -1.12. The fraction of sp³-hybridized carbons (Fsp3) is 0.455. The number of hydrogen-bond acceptors (Lipinski definition) is 6. The van der Waals surface area contributed by atoms with Crippen molar-refractivity contribution < 1.29 is 9.90 Å². The summed E-state index contributed by atoms with van der Waals surface area (Å²) >= 11 is 1.58. The third-order valence-corrected chi connectivity index (χ3v) is 3.80. The molecule has 3 N–H and O–H groups in total. The summed E-state index contributed by atoms with van der Waals surface area (Å²) in [6.45, 7) is 4.61. The minimum absolute atomic E-state index is 0.0792. The van der Waals surface area contributed by atoms with E-state index < -0.39 is 5.97 Å². The van der Waals surface area contributed by atoms with Gasteiger partial charge in [-0.3, -0.25) is 0 Å². The topological polar surface area (TPSA) is 107 Å². The molecule has 7 nitrogen and oxygen atoms in total. The van der Waals surface area contributed by atoms with Crippen LogP contribution in [0.4, 0.5) is 0 Å². The van der Waals surface area contributed by atoms with Gasteiger partial charge < -0.3 is 10.8 Å². The van der Waals surface area contributed by atoms with E-state index in [0.29, 0.717) is 18.2 Å². The Morgan fingerprint density at radius 2 is 2.32 bits per heavy atom. The van der Waals surface area contributed by atoms with Crippen molar-refractivity contribution in [3.8, 4) is 0 Å². The van der Waals surface area contributed by atoms with E-state index >= 15 is 0 Å². The molecule has 8 heteroatoms. The van der Waals surface area contributed by atoms with Gasteiger partial charge in [0.2, 0.25) is 0 Å². The molecular weight excluding hydrogens is 266 g/mol. The van der Waals surface area contributed by atoms with E-state index in [4.69, 9.17) is 10.8 Å². The summed E-state index contributed by atoms with van der Waals surface area (Å²) in [5.41, 5.74) is 6.71. The Hall–Kier alpha value is -1.80. The zero-order chi connectivity index (χ0) is 14.0. The summed E-state index contributed by atoms with van der Waals surface area (Å²) in [5.74, 6) is -0.745. The smallest absolute Gasteiger partial charge is 0.358 e. The molecule has 0 aromatic carbocycles. The molecule has 0 aliphatic carbocycles. The second-order valence-corrected chi connectivity index (χ2v) is 5.27. The van der Waals surface area contributed by atoms with Gasteiger partial charge in [0.15, 0.2) is 5.69 Å². The van der Waals surface area contributed by atoms with Crippen LogP contribution in [-0.2, 0) is 13.1 Å². The Morgan fingerprint density at radius 1 is 1.58 bits per heavy atom. The summed E-state index contributed by atoms with van der Waals surface area (Å²) in [6, 6.07) is 0. The zero-order valence-electron chi connectivity index (χ0n) is 10.7. The van der Waals surface area contributed by atoms with E-state index in [0.717, 1.165) is 10.7 Å². The second-order valence-electron chi connectivity index (χ2n) is 4.38. The van der Waals surface area contributed by atoms with Gasteiger partial charge in [-0.25, -0.2) is 14.5 Å². The van der Waals surface area contributed by atoms with Gasteiger partial charge in [0.25, 0.3) is 0 Å². The minimum Gasteiger partial charge on any atom is -0.476 e. The van der Waals surface area contributed by atoms with Gasteiger partial charge in [-0.2, -0.15) is 0 Å². The molecule has 2 aromatic rings. The standard InChI is InChI=1S/C11H15N5O2S/c1-6(2)10-13-7(5-19-10)4-16-8(3-12)9(11(17)18)14-15-16/h5-6H,3-4,12H2,1-2H3,(H,17,18). The molecule has 0 atom stereocenters. The molecule has 0 aliphatic rings. The molecule has 2 heterocycles. The number of hydrogen-bond donors (Lipinski definition) is 2. The van der Waals surface area contributed by atoms with Crippen LogP contribution in [-0.4, -0.2) is 31.1 Å². The van der Waals surface area contributed by atoms with Gasteiger partial charge >= 0.3 is 5.97 Å². The highest BCUT2D eigenvalue weighted by molar-refractivity contribution is 7.09. The van der Waals surface area contributed by atoms with Crippen LogP contribution in [0, 0.1) is 0 Å². The second kappa shape index (κ2) is 5.45. The highest BCUT2D eigenvalue weighted by Crippen LogP contribution is 2.20. The highest BCUT2D eigenvalue weighted by atomic mass is 32.1. The maximum atomic E-state index is 11.0. The van der Waals surface area contributed by atoms with Crippen LogP contribution in [0.15, 0.2) is 5.38 Å². The van der Waals surface area contributed by atoms with Crippen molar-refractivity contribution in [2.24, 2.45) is 5.73 Å². The maximum absolute atomic E-state index is 11.0. The fourth-order valence-corrected chi connectivity index (χ4v) is 2.47. The molecule has 0 amide bonds. The Labute approximate surface area is 114 Å². The summed E-state index contributed by atoms with van der Waals surface area (Å²) in [5, 5.41) is 19.4. The quantitative estimate of drug-likeness (QED) is 0.848. The fourth-order valence-electron chi connectivity index (χ4n) is 1.64. The molecule has 0 saturated carbocycles. The molecule has 0 radical (unpaired) electrons. The maximum Gasteiger partial charge on any atom is 0.358 e. The number of carbonyl (C=O) groups is 1. The van der Waals surface area contributed by atoms with Crippen molar-refractivity contribution in [1.29, 1.82) is 0 Å². The molecule has 19 heavy (non-hydrogen) atoms. The van der Waals surface area contributed by atoms with Crippen molar-refractivity contribution >= 4 is 17.3 Å². The van der Waals surface area contributed by atoms with E-state index in [1.807, 2.05) is 5.38 Å². The van der Waals surface area contributed by atoms with E-state index in [2.05, 4.69) is 29.1 Å². The molecule has 0 unspecified atom stereocenters. The molecular formula is C11H15N5O2S. The van der Waals surface area contributed by atoms with E-state index in [1.165, 1.54) is 4.68 Å². The van der Waals surface area contributed by atoms with Crippen LogP contribution in [0.3, 0.4) is 0 Å². The normalized spacial score (nSPS) is 11.2. The largest absolute Gasteiger partial charge is 0.476 e. The summed E-state index contributed by atoms with van der Waals surface area (Å²) in [4.78, 5) is 15.4. The lowest BCUT2D eigenvalue weighted by molar-refractivity contribution is 0.0689. The van der Waals surface area contributed by atoms with Crippen molar-refractivity contribution in [3.05, 3.63) is 27.5 Å². The van der Waals surface area contributed by atoms with Gasteiger partial charge in [-0.05, 0) is 0 Å². The number of carboxylic acid groups (broad SMARTS) is 1. The zero-order valence-corrected chi connectivity index (χ0v) is 11.5. The number of aromatic carboxylic acids is 1. The predicted octanol–water partition coefficient (Wildman–Crippen LogP) is 1.06. The molecule has 0 saturated heterocycles. The molecule has 0 spiro atoms. The molecule has 0 fully saturated rings. The Morgan fingerprint density at radius 3 is 2.84 bits per heavy atom. The molecule has 2 aromatic heterocycles. The van der Waals surface area contributed by atoms with E-state index in [9.17, 15) is 4.79 Å². The van der Waals surface area contributed by atoms with E-state index in [-0.39, 0.29) is 12.2 Å². The van der Waals surface area contributed by atoms with Crippen LogP contribution in [0.2, 0.25) is 0 Å². The van der Waals surface area contributed by atoms with Gasteiger partial charge in [-0.1, -0.05) is 19.1 Å². The van der Waals surface area contributed by atoms with Crippen LogP contribution < -0.4 is 5.73 Å². The Bertz CT molecular complexity index is 590. The first kappa shape index (κ1) is 13.6.